The van der Waals surface area contributed by atoms with Gasteiger partial charge in [-0.15, -0.1) is 0 Å². The van der Waals surface area contributed by atoms with Crippen molar-refractivity contribution < 1.29 is 24.0 Å². The molecule has 9 heteroatoms. The fourth-order valence-corrected chi connectivity index (χ4v) is 3.13. The maximum Gasteiger partial charge on any atom is 0.308 e. The molecule has 0 bridgehead atoms. The lowest BCUT2D eigenvalue weighted by molar-refractivity contribution is -0.384. The minimum absolute atomic E-state index is 0.0871. The Bertz CT molecular complexity index is 973. The van der Waals surface area contributed by atoms with Crippen molar-refractivity contribution in [2.75, 3.05) is 19.0 Å². The largest absolute Gasteiger partial charge is 0.497 e. The molecule has 0 spiro atoms. The summed E-state index contributed by atoms with van der Waals surface area (Å²) < 4.78 is 10.3. The van der Waals surface area contributed by atoms with Crippen molar-refractivity contribution >= 4 is 23.3 Å². The minimum atomic E-state index is -0.690. The minimum Gasteiger partial charge on any atom is -0.497 e. The van der Waals surface area contributed by atoms with Crippen LogP contribution in [0.25, 0.3) is 0 Å². The lowest BCUT2D eigenvalue weighted by atomic mass is 10.0. The predicted octanol–water partition coefficient (Wildman–Crippen LogP) is 3.60. The highest BCUT2D eigenvalue weighted by Crippen LogP contribution is 2.32. The number of benzene rings is 2. The van der Waals surface area contributed by atoms with Gasteiger partial charge >= 0.3 is 5.97 Å². The highest BCUT2D eigenvalue weighted by atomic mass is 16.6. The van der Waals surface area contributed by atoms with Crippen molar-refractivity contribution in [1.29, 1.82) is 0 Å². The van der Waals surface area contributed by atoms with Gasteiger partial charge in [-0.2, -0.15) is 0 Å². The Labute approximate surface area is 179 Å². The summed E-state index contributed by atoms with van der Waals surface area (Å²) in [6.45, 7) is 1.92. The van der Waals surface area contributed by atoms with Gasteiger partial charge in [0.1, 0.15) is 11.4 Å². The molecular formula is C22H25N3O6. The summed E-state index contributed by atoms with van der Waals surface area (Å²) in [5.74, 6) is -0.421. The van der Waals surface area contributed by atoms with Crippen LogP contribution < -0.4 is 15.4 Å². The van der Waals surface area contributed by atoms with E-state index < -0.39 is 22.8 Å². The Morgan fingerprint density at radius 2 is 2.00 bits per heavy atom. The van der Waals surface area contributed by atoms with Crippen LogP contribution in [0.1, 0.15) is 48.1 Å². The molecule has 31 heavy (non-hydrogen) atoms. The Morgan fingerprint density at radius 1 is 1.23 bits per heavy atom. The summed E-state index contributed by atoms with van der Waals surface area (Å²) in [6, 6.07) is 10.8. The van der Waals surface area contributed by atoms with Crippen LogP contribution in [0.4, 0.5) is 11.4 Å². The smallest absolute Gasteiger partial charge is 0.308 e. The van der Waals surface area contributed by atoms with Gasteiger partial charge in [0.25, 0.3) is 11.6 Å². The highest BCUT2D eigenvalue weighted by molar-refractivity contribution is 5.96. The van der Waals surface area contributed by atoms with Crippen molar-refractivity contribution in [3.63, 3.8) is 0 Å². The van der Waals surface area contributed by atoms with E-state index in [2.05, 4.69) is 10.6 Å². The summed E-state index contributed by atoms with van der Waals surface area (Å²) in [6.07, 6.45) is 1.85. The Hall–Kier alpha value is -3.62. The second-order valence-corrected chi connectivity index (χ2v) is 7.22. The SMILES string of the molecule is CCOC(=O)C[C@H](NC(=O)c1ccc(NC2CC2)c([N+](=O)[O-])c1)c1cccc(OC)c1. The molecule has 1 aliphatic rings. The Balaban J connectivity index is 1.84. The first-order chi connectivity index (χ1) is 14.9. The molecule has 9 nitrogen and oxygen atoms in total. The zero-order valence-electron chi connectivity index (χ0n) is 17.4. The number of ether oxygens (including phenoxy) is 2. The number of rotatable bonds is 10. The summed E-state index contributed by atoms with van der Waals surface area (Å²) in [7, 11) is 1.52. The van der Waals surface area contributed by atoms with Gasteiger partial charge < -0.3 is 20.1 Å². The van der Waals surface area contributed by atoms with E-state index in [0.717, 1.165) is 12.8 Å². The van der Waals surface area contributed by atoms with E-state index in [1.807, 2.05) is 0 Å². The summed E-state index contributed by atoms with van der Waals surface area (Å²) >= 11 is 0. The van der Waals surface area contributed by atoms with E-state index in [1.54, 1.807) is 31.2 Å². The molecule has 164 valence electrons. The van der Waals surface area contributed by atoms with Crippen LogP contribution in [-0.4, -0.2) is 36.6 Å². The van der Waals surface area contributed by atoms with Gasteiger partial charge in [-0.1, -0.05) is 12.1 Å². The number of nitro groups is 1. The third-order valence-electron chi connectivity index (χ3n) is 4.87. The number of hydrogen-bond donors (Lipinski definition) is 2. The van der Waals surface area contributed by atoms with Crippen LogP contribution >= 0.6 is 0 Å². The summed E-state index contributed by atoms with van der Waals surface area (Å²) in [4.78, 5) is 36.0. The van der Waals surface area contributed by atoms with E-state index >= 15 is 0 Å². The normalized spacial score (nSPS) is 13.7. The molecule has 0 saturated heterocycles. The first-order valence-electron chi connectivity index (χ1n) is 10.1. The fourth-order valence-electron chi connectivity index (χ4n) is 3.13. The second-order valence-electron chi connectivity index (χ2n) is 7.22. The molecule has 0 unspecified atom stereocenters. The molecule has 0 aliphatic heterocycles. The lowest BCUT2D eigenvalue weighted by Gasteiger charge is -2.19. The van der Waals surface area contributed by atoms with Crippen molar-refractivity contribution in [3.05, 3.63) is 63.7 Å². The zero-order chi connectivity index (χ0) is 22.4. The molecule has 2 aromatic carbocycles. The van der Waals surface area contributed by atoms with Gasteiger partial charge in [-0.3, -0.25) is 19.7 Å². The number of methoxy groups -OCH3 is 1. The van der Waals surface area contributed by atoms with E-state index in [9.17, 15) is 19.7 Å². The summed E-state index contributed by atoms with van der Waals surface area (Å²) in [5, 5.41) is 17.4. The molecule has 3 rings (SSSR count). The lowest BCUT2D eigenvalue weighted by Crippen LogP contribution is -2.30. The number of amides is 1. The van der Waals surface area contributed by atoms with Crippen LogP contribution in [-0.2, 0) is 9.53 Å². The molecular weight excluding hydrogens is 402 g/mol. The van der Waals surface area contributed by atoms with Gasteiger partial charge in [0.05, 0.1) is 31.1 Å². The monoisotopic (exact) mass is 427 g/mol. The molecule has 1 atom stereocenters. The number of anilines is 1. The number of hydrogen-bond acceptors (Lipinski definition) is 7. The van der Waals surface area contributed by atoms with Crippen LogP contribution in [0.15, 0.2) is 42.5 Å². The van der Waals surface area contributed by atoms with Crippen LogP contribution in [0.2, 0.25) is 0 Å². The van der Waals surface area contributed by atoms with Gasteiger partial charge in [-0.25, -0.2) is 0 Å². The second kappa shape index (κ2) is 9.92. The third-order valence-corrected chi connectivity index (χ3v) is 4.87. The van der Waals surface area contributed by atoms with Crippen molar-refractivity contribution in [3.8, 4) is 5.75 Å². The topological polar surface area (TPSA) is 120 Å². The predicted molar refractivity (Wildman–Crippen MR) is 114 cm³/mol. The van der Waals surface area contributed by atoms with Gasteiger partial charge in [0.15, 0.2) is 0 Å². The van der Waals surface area contributed by atoms with Gasteiger partial charge in [-0.05, 0) is 49.6 Å². The van der Waals surface area contributed by atoms with E-state index in [-0.39, 0.29) is 30.3 Å². The number of carbonyl (C=O) groups is 2. The fraction of sp³-hybridized carbons (Fsp3) is 0.364. The number of nitro benzene ring substituents is 1. The van der Waals surface area contributed by atoms with Gasteiger partial charge in [0.2, 0.25) is 0 Å². The summed E-state index contributed by atoms with van der Waals surface area (Å²) in [5.41, 5.74) is 1.01. The van der Waals surface area contributed by atoms with Crippen molar-refractivity contribution in [1.82, 2.24) is 5.32 Å². The molecule has 1 amide bonds. The maximum atomic E-state index is 12.9. The van der Waals surface area contributed by atoms with Gasteiger partial charge in [0, 0.05) is 17.7 Å². The van der Waals surface area contributed by atoms with E-state index in [4.69, 9.17) is 9.47 Å². The maximum absolute atomic E-state index is 12.9. The molecule has 0 radical (unpaired) electrons. The first kappa shape index (κ1) is 22.1. The molecule has 0 aromatic heterocycles. The highest BCUT2D eigenvalue weighted by Gasteiger charge is 2.26. The molecule has 1 fully saturated rings. The number of nitrogens with zero attached hydrogens (tertiary/aromatic N) is 1. The van der Waals surface area contributed by atoms with Crippen LogP contribution in [0.3, 0.4) is 0 Å². The Kier molecular flexibility index (Phi) is 7.07. The number of nitrogens with one attached hydrogen (secondary N) is 2. The Morgan fingerprint density at radius 3 is 2.65 bits per heavy atom. The number of carbonyl (C=O) groups excluding carboxylic acids is 2. The van der Waals surface area contributed by atoms with Crippen LogP contribution in [0.5, 0.6) is 5.75 Å². The first-order valence-corrected chi connectivity index (χ1v) is 10.1. The molecule has 1 saturated carbocycles. The molecule has 1 aliphatic carbocycles. The number of esters is 1. The molecule has 0 heterocycles. The van der Waals surface area contributed by atoms with E-state index in [1.165, 1.54) is 25.3 Å². The standard InChI is InChI=1S/C22H25N3O6/c1-3-31-21(26)13-19(14-5-4-6-17(11-14)30-2)24-22(27)15-7-10-18(23-16-8-9-16)20(12-15)25(28)29/h4-7,10-12,16,19,23H,3,8-9,13H2,1-2H3,(H,24,27)/t19-/m0/s1. The molecule has 2 N–H and O–H groups in total. The third kappa shape index (κ3) is 5.94. The van der Waals surface area contributed by atoms with Crippen molar-refractivity contribution in [2.24, 2.45) is 0 Å². The average molecular weight is 427 g/mol. The quantitative estimate of drug-likeness (QED) is 0.338. The van der Waals surface area contributed by atoms with E-state index in [0.29, 0.717) is 17.0 Å². The van der Waals surface area contributed by atoms with Crippen molar-refractivity contribution in [2.45, 2.75) is 38.3 Å². The molecule has 2 aromatic rings. The zero-order valence-corrected chi connectivity index (χ0v) is 17.4. The average Bonchev–Trinajstić information content (AvgIpc) is 3.57. The van der Waals surface area contributed by atoms with Crippen LogP contribution in [0, 0.1) is 10.1 Å².